The van der Waals surface area contributed by atoms with Crippen molar-refractivity contribution in [3.05, 3.63) is 71.5 Å². The molecule has 2 atom stereocenters. The molecule has 168 valence electrons. The van der Waals surface area contributed by atoms with Gasteiger partial charge in [-0.3, -0.25) is 14.4 Å². The third-order valence-electron chi connectivity index (χ3n) is 6.46. The van der Waals surface area contributed by atoms with Crippen LogP contribution in [-0.4, -0.2) is 65.1 Å². The standard InChI is InChI=1S/C25H28FN3O3/c1-18(19-8-3-2-4-9-19)29-17-20(16-23(29)30)24(31)27-12-7-13-28(15-14-27)25(32)21-10-5-6-11-22(21)26/h2-6,8-11,18,20H,7,12-17H2,1H3. The number of halogens is 1. The lowest BCUT2D eigenvalue weighted by atomic mass is 10.1. The van der Waals surface area contributed by atoms with Gasteiger partial charge in [0.15, 0.2) is 0 Å². The van der Waals surface area contributed by atoms with E-state index in [1.54, 1.807) is 26.8 Å². The Bertz CT molecular complexity index is 997. The Balaban J connectivity index is 1.37. The minimum absolute atomic E-state index is 0.00844. The average molecular weight is 438 g/mol. The van der Waals surface area contributed by atoms with Crippen LogP contribution in [0.2, 0.25) is 0 Å². The normalized spacial score (nSPS) is 20.2. The first-order chi connectivity index (χ1) is 15.5. The van der Waals surface area contributed by atoms with Crippen molar-refractivity contribution in [2.45, 2.75) is 25.8 Å². The molecule has 2 aromatic rings. The number of likely N-dealkylation sites (tertiary alicyclic amines) is 1. The van der Waals surface area contributed by atoms with Crippen molar-refractivity contribution in [2.75, 3.05) is 32.7 Å². The van der Waals surface area contributed by atoms with Crippen LogP contribution in [0.15, 0.2) is 54.6 Å². The highest BCUT2D eigenvalue weighted by molar-refractivity contribution is 5.94. The van der Waals surface area contributed by atoms with Crippen molar-refractivity contribution < 1.29 is 18.8 Å². The molecule has 0 aliphatic carbocycles. The lowest BCUT2D eigenvalue weighted by Crippen LogP contribution is -2.41. The molecular formula is C25H28FN3O3. The van der Waals surface area contributed by atoms with E-state index in [0.29, 0.717) is 39.1 Å². The van der Waals surface area contributed by atoms with E-state index < -0.39 is 5.82 Å². The minimum atomic E-state index is -0.535. The molecule has 0 bridgehead atoms. The molecule has 6 nitrogen and oxygen atoms in total. The quantitative estimate of drug-likeness (QED) is 0.739. The lowest BCUT2D eigenvalue weighted by molar-refractivity contribution is -0.135. The van der Waals surface area contributed by atoms with Crippen molar-refractivity contribution >= 4 is 17.7 Å². The molecule has 2 heterocycles. The number of rotatable bonds is 4. The smallest absolute Gasteiger partial charge is 0.256 e. The molecule has 4 rings (SSSR count). The first-order valence-electron chi connectivity index (χ1n) is 11.1. The summed E-state index contributed by atoms with van der Waals surface area (Å²) in [4.78, 5) is 43.7. The minimum Gasteiger partial charge on any atom is -0.341 e. The second-order valence-corrected chi connectivity index (χ2v) is 8.48. The monoisotopic (exact) mass is 437 g/mol. The fraction of sp³-hybridized carbons (Fsp3) is 0.400. The van der Waals surface area contributed by atoms with Crippen molar-refractivity contribution in [3.63, 3.8) is 0 Å². The summed E-state index contributed by atoms with van der Waals surface area (Å²) in [6.45, 7) is 4.12. The van der Waals surface area contributed by atoms with Crippen LogP contribution < -0.4 is 0 Å². The zero-order valence-electron chi connectivity index (χ0n) is 18.2. The molecule has 0 radical (unpaired) electrons. The van der Waals surface area contributed by atoms with Gasteiger partial charge in [-0.1, -0.05) is 42.5 Å². The highest BCUT2D eigenvalue weighted by atomic mass is 19.1. The maximum atomic E-state index is 14.0. The molecule has 2 fully saturated rings. The highest BCUT2D eigenvalue weighted by Gasteiger charge is 2.39. The molecular weight excluding hydrogens is 409 g/mol. The summed E-state index contributed by atoms with van der Waals surface area (Å²) >= 11 is 0. The molecule has 2 saturated heterocycles. The molecule has 0 saturated carbocycles. The molecule has 0 spiro atoms. The van der Waals surface area contributed by atoms with E-state index in [-0.39, 0.29) is 41.7 Å². The predicted octanol–water partition coefficient (Wildman–Crippen LogP) is 3.11. The first-order valence-corrected chi connectivity index (χ1v) is 11.1. The highest BCUT2D eigenvalue weighted by Crippen LogP contribution is 2.29. The Hall–Kier alpha value is -3.22. The second kappa shape index (κ2) is 9.51. The zero-order valence-corrected chi connectivity index (χ0v) is 18.2. The first kappa shape index (κ1) is 22.0. The van der Waals surface area contributed by atoms with Crippen LogP contribution in [-0.2, 0) is 9.59 Å². The Morgan fingerprint density at radius 1 is 0.938 bits per heavy atom. The van der Waals surface area contributed by atoms with Crippen LogP contribution >= 0.6 is 0 Å². The number of carbonyl (C=O) groups is 3. The Kier molecular flexibility index (Phi) is 6.53. The molecule has 2 aromatic carbocycles. The van der Waals surface area contributed by atoms with Gasteiger partial charge in [0.2, 0.25) is 11.8 Å². The maximum Gasteiger partial charge on any atom is 0.256 e. The van der Waals surface area contributed by atoms with Crippen LogP contribution in [0, 0.1) is 11.7 Å². The average Bonchev–Trinajstić information content (AvgIpc) is 3.04. The van der Waals surface area contributed by atoms with E-state index in [4.69, 9.17) is 0 Å². The van der Waals surface area contributed by atoms with Gasteiger partial charge in [0.25, 0.3) is 5.91 Å². The van der Waals surface area contributed by atoms with Gasteiger partial charge in [-0.25, -0.2) is 4.39 Å². The fourth-order valence-electron chi connectivity index (χ4n) is 4.59. The van der Waals surface area contributed by atoms with Gasteiger partial charge in [0, 0.05) is 39.1 Å². The van der Waals surface area contributed by atoms with Crippen LogP contribution in [0.4, 0.5) is 4.39 Å². The maximum absolute atomic E-state index is 14.0. The Morgan fingerprint density at radius 2 is 1.59 bits per heavy atom. The zero-order chi connectivity index (χ0) is 22.7. The topological polar surface area (TPSA) is 60.9 Å². The number of amides is 3. The largest absolute Gasteiger partial charge is 0.341 e. The van der Waals surface area contributed by atoms with E-state index in [2.05, 4.69) is 0 Å². The Labute approximate surface area is 187 Å². The van der Waals surface area contributed by atoms with E-state index in [0.717, 1.165) is 5.56 Å². The van der Waals surface area contributed by atoms with Crippen LogP contribution in [0.5, 0.6) is 0 Å². The van der Waals surface area contributed by atoms with Gasteiger partial charge in [0.05, 0.1) is 17.5 Å². The van der Waals surface area contributed by atoms with E-state index in [1.807, 2.05) is 37.3 Å². The SMILES string of the molecule is CC(c1ccccc1)N1CC(C(=O)N2CCCN(C(=O)c3ccccc3F)CC2)CC1=O. The number of hydrogen-bond donors (Lipinski definition) is 0. The molecule has 2 aliphatic rings. The third kappa shape index (κ3) is 4.52. The van der Waals surface area contributed by atoms with Gasteiger partial charge < -0.3 is 14.7 Å². The summed E-state index contributed by atoms with van der Waals surface area (Å²) in [6, 6.07) is 15.7. The van der Waals surface area contributed by atoms with Crippen molar-refractivity contribution in [1.82, 2.24) is 14.7 Å². The summed E-state index contributed by atoms with van der Waals surface area (Å²) in [5.41, 5.74) is 1.10. The second-order valence-electron chi connectivity index (χ2n) is 8.48. The number of benzene rings is 2. The van der Waals surface area contributed by atoms with Crippen LogP contribution in [0.25, 0.3) is 0 Å². The van der Waals surface area contributed by atoms with Crippen molar-refractivity contribution in [3.8, 4) is 0 Å². The predicted molar refractivity (Wildman–Crippen MR) is 118 cm³/mol. The fourth-order valence-corrected chi connectivity index (χ4v) is 4.59. The van der Waals surface area contributed by atoms with Gasteiger partial charge in [-0.05, 0) is 31.0 Å². The summed E-state index contributed by atoms with van der Waals surface area (Å²) in [6.07, 6.45) is 0.834. The van der Waals surface area contributed by atoms with Gasteiger partial charge in [-0.15, -0.1) is 0 Å². The van der Waals surface area contributed by atoms with E-state index in [1.165, 1.54) is 12.1 Å². The van der Waals surface area contributed by atoms with Crippen LogP contribution in [0.1, 0.15) is 41.7 Å². The molecule has 0 aromatic heterocycles. The summed E-state index contributed by atoms with van der Waals surface area (Å²) in [7, 11) is 0. The molecule has 2 aliphatic heterocycles. The molecule has 32 heavy (non-hydrogen) atoms. The molecule has 3 amide bonds. The van der Waals surface area contributed by atoms with Crippen molar-refractivity contribution in [2.24, 2.45) is 5.92 Å². The van der Waals surface area contributed by atoms with Crippen LogP contribution in [0.3, 0.4) is 0 Å². The molecule has 2 unspecified atom stereocenters. The van der Waals surface area contributed by atoms with E-state index >= 15 is 0 Å². The number of nitrogens with zero attached hydrogens (tertiary/aromatic N) is 3. The molecule has 0 N–H and O–H groups in total. The lowest BCUT2D eigenvalue weighted by Gasteiger charge is -2.27. The molecule has 7 heteroatoms. The summed E-state index contributed by atoms with van der Waals surface area (Å²) < 4.78 is 14.0. The summed E-state index contributed by atoms with van der Waals surface area (Å²) in [5.74, 6) is -1.31. The van der Waals surface area contributed by atoms with Crippen molar-refractivity contribution in [1.29, 1.82) is 0 Å². The van der Waals surface area contributed by atoms with Gasteiger partial charge >= 0.3 is 0 Å². The van der Waals surface area contributed by atoms with Gasteiger partial charge in [0.1, 0.15) is 5.82 Å². The Morgan fingerprint density at radius 3 is 2.34 bits per heavy atom. The number of carbonyl (C=O) groups excluding carboxylic acids is 3. The van der Waals surface area contributed by atoms with Gasteiger partial charge in [-0.2, -0.15) is 0 Å². The van der Waals surface area contributed by atoms with E-state index in [9.17, 15) is 18.8 Å². The summed E-state index contributed by atoms with van der Waals surface area (Å²) in [5, 5.41) is 0. The number of hydrogen-bond acceptors (Lipinski definition) is 3. The third-order valence-corrected chi connectivity index (χ3v) is 6.46.